The summed E-state index contributed by atoms with van der Waals surface area (Å²) in [7, 11) is 0. The molecule has 4 heteroatoms. The number of benzene rings is 1. The Balaban J connectivity index is 2.30. The van der Waals surface area contributed by atoms with Crippen LogP contribution in [0.3, 0.4) is 0 Å². The first-order valence-corrected chi connectivity index (χ1v) is 7.49. The van der Waals surface area contributed by atoms with Crippen molar-refractivity contribution in [3.05, 3.63) is 63.6 Å². The lowest BCUT2D eigenvalue weighted by atomic mass is 9.96. The van der Waals surface area contributed by atoms with E-state index in [-0.39, 0.29) is 11.9 Å². The van der Waals surface area contributed by atoms with Gasteiger partial charge in [-0.15, -0.1) is 0 Å². The number of hydrogen-bond acceptors (Lipinski definition) is 2. The number of likely N-dealkylation sites (N-methyl/N-ethyl adjacent to an activating group) is 1. The van der Waals surface area contributed by atoms with Crippen LogP contribution in [0.5, 0.6) is 0 Å². The van der Waals surface area contributed by atoms with Crippen LogP contribution < -0.4 is 5.32 Å². The molecule has 2 nitrogen and oxygen atoms in total. The van der Waals surface area contributed by atoms with Crippen molar-refractivity contribution in [3.8, 4) is 0 Å². The summed E-state index contributed by atoms with van der Waals surface area (Å²) in [6.07, 6.45) is 4.24. The van der Waals surface area contributed by atoms with Crippen LogP contribution in [0, 0.1) is 12.7 Å². The van der Waals surface area contributed by atoms with Gasteiger partial charge in [0.2, 0.25) is 0 Å². The van der Waals surface area contributed by atoms with E-state index in [1.165, 1.54) is 11.6 Å². The number of pyridine rings is 1. The molecule has 1 aromatic carbocycles. The fourth-order valence-electron chi connectivity index (χ4n) is 2.30. The number of nitrogens with zero attached hydrogens (tertiary/aromatic N) is 1. The van der Waals surface area contributed by atoms with E-state index in [4.69, 9.17) is 0 Å². The first kappa shape index (κ1) is 15.1. The van der Waals surface area contributed by atoms with E-state index in [9.17, 15) is 4.39 Å². The lowest BCUT2D eigenvalue weighted by molar-refractivity contribution is 0.524. The lowest BCUT2D eigenvalue weighted by Gasteiger charge is -2.20. The predicted molar refractivity (Wildman–Crippen MR) is 83.2 cm³/mol. The summed E-state index contributed by atoms with van der Waals surface area (Å²) in [5.74, 6) is -0.169. The van der Waals surface area contributed by atoms with E-state index in [1.807, 2.05) is 18.3 Å². The van der Waals surface area contributed by atoms with Crippen molar-refractivity contribution >= 4 is 15.9 Å². The Kier molecular flexibility index (Phi) is 5.26. The second kappa shape index (κ2) is 6.95. The number of halogens is 2. The number of aryl methyl sites for hydroxylation is 1. The van der Waals surface area contributed by atoms with Crippen LogP contribution in [0.15, 0.2) is 41.1 Å². The Hall–Kier alpha value is -1.26. The highest BCUT2D eigenvalue weighted by Crippen LogP contribution is 2.24. The van der Waals surface area contributed by atoms with Gasteiger partial charge < -0.3 is 5.32 Å². The molecule has 20 heavy (non-hydrogen) atoms. The van der Waals surface area contributed by atoms with Gasteiger partial charge in [-0.1, -0.05) is 22.9 Å². The minimum Gasteiger partial charge on any atom is -0.310 e. The van der Waals surface area contributed by atoms with Crippen molar-refractivity contribution in [3.63, 3.8) is 0 Å². The monoisotopic (exact) mass is 336 g/mol. The van der Waals surface area contributed by atoms with Crippen LogP contribution in [0.4, 0.5) is 4.39 Å². The fraction of sp³-hybridized carbons (Fsp3) is 0.312. The van der Waals surface area contributed by atoms with E-state index >= 15 is 0 Å². The molecule has 0 saturated carbocycles. The zero-order valence-electron chi connectivity index (χ0n) is 11.7. The first-order chi connectivity index (χ1) is 9.61. The summed E-state index contributed by atoms with van der Waals surface area (Å²) >= 11 is 3.40. The summed E-state index contributed by atoms with van der Waals surface area (Å²) in [5, 5.41) is 3.41. The molecule has 1 unspecified atom stereocenters. The number of hydrogen-bond donors (Lipinski definition) is 1. The highest BCUT2D eigenvalue weighted by molar-refractivity contribution is 9.10. The third kappa shape index (κ3) is 3.64. The molecule has 2 aromatic rings. The van der Waals surface area contributed by atoms with E-state index in [0.717, 1.165) is 16.6 Å². The van der Waals surface area contributed by atoms with Crippen LogP contribution in [0.2, 0.25) is 0 Å². The average Bonchev–Trinajstić information content (AvgIpc) is 2.43. The molecule has 1 atom stereocenters. The van der Waals surface area contributed by atoms with Gasteiger partial charge in [0.1, 0.15) is 5.82 Å². The van der Waals surface area contributed by atoms with Crippen LogP contribution in [0.1, 0.15) is 29.7 Å². The van der Waals surface area contributed by atoms with Gasteiger partial charge in [-0.05, 0) is 60.8 Å². The maximum absolute atomic E-state index is 13.9. The Morgan fingerprint density at radius 3 is 2.85 bits per heavy atom. The Bertz CT molecular complexity index is 586. The highest BCUT2D eigenvalue weighted by Gasteiger charge is 2.16. The van der Waals surface area contributed by atoms with Crippen LogP contribution in [-0.2, 0) is 6.42 Å². The van der Waals surface area contributed by atoms with Crippen LogP contribution >= 0.6 is 15.9 Å². The van der Waals surface area contributed by atoms with Crippen molar-refractivity contribution in [2.75, 3.05) is 6.54 Å². The van der Waals surface area contributed by atoms with Crippen molar-refractivity contribution in [2.24, 2.45) is 0 Å². The molecule has 0 amide bonds. The number of rotatable bonds is 5. The molecule has 106 valence electrons. The maximum Gasteiger partial charge on any atom is 0.126 e. The van der Waals surface area contributed by atoms with E-state index in [1.54, 1.807) is 12.3 Å². The van der Waals surface area contributed by atoms with Gasteiger partial charge in [0.05, 0.1) is 0 Å². The molecule has 1 aromatic heterocycles. The van der Waals surface area contributed by atoms with Gasteiger partial charge in [0.15, 0.2) is 0 Å². The zero-order valence-corrected chi connectivity index (χ0v) is 13.2. The quantitative estimate of drug-likeness (QED) is 0.885. The molecule has 0 radical (unpaired) electrons. The first-order valence-electron chi connectivity index (χ1n) is 6.69. The fourth-order valence-corrected chi connectivity index (χ4v) is 2.71. The SMILES string of the molecule is CCNC(Cc1cc(Br)ccc1F)c1cnccc1C. The standard InChI is InChI=1S/C16H18BrFN2/c1-3-20-16(14-10-19-7-6-11(14)2)9-12-8-13(17)4-5-15(12)18/h4-8,10,16,20H,3,9H2,1-2H3. The minimum absolute atomic E-state index is 0.0671. The largest absolute Gasteiger partial charge is 0.310 e. The summed E-state index contributed by atoms with van der Waals surface area (Å²) in [4.78, 5) is 4.19. The van der Waals surface area contributed by atoms with Gasteiger partial charge >= 0.3 is 0 Å². The second-order valence-corrected chi connectivity index (χ2v) is 5.70. The third-order valence-corrected chi connectivity index (χ3v) is 3.83. The van der Waals surface area contributed by atoms with Crippen molar-refractivity contribution in [1.82, 2.24) is 10.3 Å². The Morgan fingerprint density at radius 1 is 1.35 bits per heavy atom. The molecule has 0 bridgehead atoms. The van der Waals surface area contributed by atoms with Gasteiger partial charge in [-0.2, -0.15) is 0 Å². The molecular formula is C16H18BrFN2. The van der Waals surface area contributed by atoms with Crippen molar-refractivity contribution in [2.45, 2.75) is 26.3 Å². The summed E-state index contributed by atoms with van der Waals surface area (Å²) in [6, 6.07) is 7.11. The summed E-state index contributed by atoms with van der Waals surface area (Å²) in [5.41, 5.74) is 2.99. The molecule has 1 N–H and O–H groups in total. The average molecular weight is 337 g/mol. The van der Waals surface area contributed by atoms with Gasteiger partial charge in [0.25, 0.3) is 0 Å². The highest BCUT2D eigenvalue weighted by atomic mass is 79.9. The Labute approximate surface area is 127 Å². The molecule has 0 saturated heterocycles. The third-order valence-electron chi connectivity index (χ3n) is 3.34. The van der Waals surface area contributed by atoms with Crippen molar-refractivity contribution in [1.29, 1.82) is 0 Å². The maximum atomic E-state index is 13.9. The molecule has 0 spiro atoms. The van der Waals surface area contributed by atoms with Gasteiger partial charge in [0, 0.05) is 22.9 Å². The smallest absolute Gasteiger partial charge is 0.126 e. The van der Waals surface area contributed by atoms with E-state index in [2.05, 4.69) is 40.1 Å². The van der Waals surface area contributed by atoms with Gasteiger partial charge in [-0.25, -0.2) is 4.39 Å². The lowest BCUT2D eigenvalue weighted by Crippen LogP contribution is -2.24. The molecule has 0 fully saturated rings. The van der Waals surface area contributed by atoms with Crippen LogP contribution in [-0.4, -0.2) is 11.5 Å². The van der Waals surface area contributed by atoms with Crippen molar-refractivity contribution < 1.29 is 4.39 Å². The molecule has 0 aliphatic rings. The normalized spacial score (nSPS) is 12.4. The molecule has 0 aliphatic heterocycles. The van der Waals surface area contributed by atoms with E-state index < -0.39 is 0 Å². The molecule has 1 heterocycles. The number of nitrogens with one attached hydrogen (secondary N) is 1. The van der Waals surface area contributed by atoms with Gasteiger partial charge in [-0.3, -0.25) is 4.98 Å². The predicted octanol–water partition coefficient (Wildman–Crippen LogP) is 4.18. The Morgan fingerprint density at radius 2 is 2.15 bits per heavy atom. The zero-order chi connectivity index (χ0) is 14.5. The molecule has 0 aliphatic carbocycles. The van der Waals surface area contributed by atoms with E-state index in [0.29, 0.717) is 12.0 Å². The molecular weight excluding hydrogens is 319 g/mol. The summed E-state index contributed by atoms with van der Waals surface area (Å²) in [6.45, 7) is 4.93. The molecule has 2 rings (SSSR count). The minimum atomic E-state index is -0.169. The topological polar surface area (TPSA) is 24.9 Å². The second-order valence-electron chi connectivity index (χ2n) is 4.78. The summed E-state index contributed by atoms with van der Waals surface area (Å²) < 4.78 is 14.8. The number of aromatic nitrogens is 1. The van der Waals surface area contributed by atoms with Crippen LogP contribution in [0.25, 0.3) is 0 Å².